The summed E-state index contributed by atoms with van der Waals surface area (Å²) in [4.78, 5) is 12.9. The highest BCUT2D eigenvalue weighted by Crippen LogP contribution is 2.52. The van der Waals surface area contributed by atoms with Crippen molar-refractivity contribution in [2.24, 2.45) is 0 Å². The molecule has 0 fully saturated rings. The van der Waals surface area contributed by atoms with Crippen LogP contribution >= 0.6 is 11.3 Å². The summed E-state index contributed by atoms with van der Waals surface area (Å²) in [6.45, 7) is 12.2. The van der Waals surface area contributed by atoms with Crippen molar-refractivity contribution in [3.8, 4) is 5.75 Å². The van der Waals surface area contributed by atoms with Gasteiger partial charge < -0.3 is 4.74 Å². The molecule has 1 unspecified atom stereocenters. The highest BCUT2D eigenvalue weighted by Gasteiger charge is 2.44. The quantitative estimate of drug-likeness (QED) is 0.675. The van der Waals surface area contributed by atoms with Gasteiger partial charge in [0, 0.05) is 16.5 Å². The molecule has 1 aromatic heterocycles. The number of carbonyl (C=O) groups excluding carboxylic acids is 1. The Kier molecular flexibility index (Phi) is 3.50. The fraction of sp³-hybridized carbons (Fsp3) is 0.500. The second-order valence-corrected chi connectivity index (χ2v) is 10.1. The lowest BCUT2D eigenvalue weighted by atomic mass is 9.62. The van der Waals surface area contributed by atoms with Gasteiger partial charge in [-0.25, -0.2) is 0 Å². The van der Waals surface area contributed by atoms with Gasteiger partial charge in [0.05, 0.1) is 10.3 Å². The van der Waals surface area contributed by atoms with E-state index in [0.29, 0.717) is 11.5 Å². The number of carbonyl (C=O) groups is 1. The van der Waals surface area contributed by atoms with Gasteiger partial charge in [-0.3, -0.25) is 4.79 Å². The molecule has 1 aliphatic heterocycles. The zero-order valence-corrected chi connectivity index (χ0v) is 16.5. The van der Waals surface area contributed by atoms with E-state index in [1.165, 1.54) is 40.9 Å². The van der Waals surface area contributed by atoms with E-state index in [1.807, 2.05) is 6.07 Å². The lowest BCUT2D eigenvalue weighted by Crippen LogP contribution is -2.34. The van der Waals surface area contributed by atoms with E-state index in [0.717, 1.165) is 16.9 Å². The van der Waals surface area contributed by atoms with Gasteiger partial charge in [-0.1, -0.05) is 33.8 Å². The van der Waals surface area contributed by atoms with Crippen LogP contribution in [0.5, 0.6) is 5.75 Å². The predicted molar refractivity (Wildman–Crippen MR) is 102 cm³/mol. The van der Waals surface area contributed by atoms with Crippen LogP contribution in [0.4, 0.5) is 0 Å². The van der Waals surface area contributed by atoms with Crippen molar-refractivity contribution in [3.05, 3.63) is 50.7 Å². The van der Waals surface area contributed by atoms with Gasteiger partial charge in [-0.15, -0.1) is 11.3 Å². The second kappa shape index (κ2) is 5.20. The molecule has 25 heavy (non-hydrogen) atoms. The maximum absolute atomic E-state index is 11.1. The zero-order chi connectivity index (χ0) is 18.0. The van der Waals surface area contributed by atoms with Crippen LogP contribution in [0.15, 0.2) is 18.2 Å². The van der Waals surface area contributed by atoms with Crippen molar-refractivity contribution in [1.82, 2.24) is 0 Å². The highest BCUT2D eigenvalue weighted by atomic mass is 32.1. The van der Waals surface area contributed by atoms with Crippen LogP contribution in [0, 0.1) is 6.07 Å². The van der Waals surface area contributed by atoms with Crippen LogP contribution in [0.25, 0.3) is 0 Å². The molecule has 2 heterocycles. The number of ether oxygens (including phenoxy) is 1. The lowest BCUT2D eigenvalue weighted by Gasteiger charge is -2.42. The molecule has 1 aliphatic carbocycles. The largest absolute Gasteiger partial charge is 0.492 e. The molecule has 2 nitrogen and oxygen atoms in total. The van der Waals surface area contributed by atoms with Crippen LogP contribution < -0.4 is 4.74 Å². The predicted octanol–water partition coefficient (Wildman–Crippen LogP) is 5.41. The normalized spacial score (nSPS) is 25.8. The minimum atomic E-state index is -0.204. The van der Waals surface area contributed by atoms with E-state index in [1.54, 1.807) is 0 Å². The summed E-state index contributed by atoms with van der Waals surface area (Å²) in [7, 11) is 0. The van der Waals surface area contributed by atoms with Crippen molar-refractivity contribution in [3.63, 3.8) is 0 Å². The van der Waals surface area contributed by atoms with E-state index in [4.69, 9.17) is 4.74 Å². The maximum atomic E-state index is 11.1. The number of hydrogen-bond acceptors (Lipinski definition) is 3. The summed E-state index contributed by atoms with van der Waals surface area (Å²) < 4.78 is 6.14. The second-order valence-electron chi connectivity index (χ2n) is 9.02. The Morgan fingerprint density at radius 3 is 2.28 bits per heavy atom. The molecule has 0 N–H and O–H groups in total. The molecule has 1 radical (unpaired) electrons. The van der Waals surface area contributed by atoms with Gasteiger partial charge in [-0.05, 0) is 53.9 Å². The summed E-state index contributed by atoms with van der Waals surface area (Å²) in [6.07, 6.45) is 3.28. The molecule has 1 aromatic carbocycles. The van der Waals surface area contributed by atoms with Gasteiger partial charge in [0.1, 0.15) is 12.4 Å². The zero-order valence-electron chi connectivity index (χ0n) is 15.7. The molecule has 4 rings (SSSR count). The van der Waals surface area contributed by atoms with Crippen LogP contribution in [-0.2, 0) is 16.2 Å². The van der Waals surface area contributed by atoms with Gasteiger partial charge in [-0.2, -0.15) is 0 Å². The molecule has 2 aliphatic rings. The third kappa shape index (κ3) is 2.39. The maximum Gasteiger partial charge on any atom is 0.160 e. The van der Waals surface area contributed by atoms with E-state index < -0.39 is 0 Å². The average molecular weight is 354 g/mol. The first-order valence-corrected chi connectivity index (χ1v) is 9.78. The fourth-order valence-electron chi connectivity index (χ4n) is 4.29. The van der Waals surface area contributed by atoms with Gasteiger partial charge in [0.15, 0.2) is 6.29 Å². The number of aldehydes is 1. The third-order valence-electron chi connectivity index (χ3n) is 6.28. The number of rotatable bonds is 2. The smallest absolute Gasteiger partial charge is 0.160 e. The summed E-state index contributed by atoms with van der Waals surface area (Å²) >= 11 is 1.53. The van der Waals surface area contributed by atoms with E-state index in [-0.39, 0.29) is 16.2 Å². The number of benzene rings is 1. The molecular formula is C22H25O2S. The first-order valence-electron chi connectivity index (χ1n) is 8.97. The molecule has 1 atom stereocenters. The third-order valence-corrected chi connectivity index (χ3v) is 7.50. The fourth-order valence-corrected chi connectivity index (χ4v) is 5.21. The minimum absolute atomic E-state index is 0.179. The minimum Gasteiger partial charge on any atom is -0.492 e. The highest BCUT2D eigenvalue weighted by molar-refractivity contribution is 7.13. The van der Waals surface area contributed by atoms with E-state index >= 15 is 0 Å². The molecule has 0 bridgehead atoms. The molecule has 2 aromatic rings. The average Bonchev–Trinajstić information content (AvgIpc) is 3.17. The summed E-state index contributed by atoms with van der Waals surface area (Å²) in [5, 5.41) is 0. The van der Waals surface area contributed by atoms with Crippen LogP contribution in [0.1, 0.15) is 78.7 Å². The summed E-state index contributed by atoms with van der Waals surface area (Å²) in [5.41, 5.74) is 4.30. The Hall–Kier alpha value is -1.61. The van der Waals surface area contributed by atoms with Gasteiger partial charge >= 0.3 is 0 Å². The van der Waals surface area contributed by atoms with Crippen molar-refractivity contribution in [2.75, 3.05) is 6.61 Å². The Morgan fingerprint density at radius 1 is 1.04 bits per heavy atom. The van der Waals surface area contributed by atoms with Crippen molar-refractivity contribution >= 4 is 17.6 Å². The van der Waals surface area contributed by atoms with Crippen LogP contribution in [-0.4, -0.2) is 12.9 Å². The number of thiophene rings is 1. The molecule has 3 heteroatoms. The van der Waals surface area contributed by atoms with Crippen LogP contribution in [0.2, 0.25) is 0 Å². The van der Waals surface area contributed by atoms with E-state index in [2.05, 4.69) is 52.8 Å². The Bertz CT molecular complexity index is 859. The molecule has 131 valence electrons. The number of fused-ring (bicyclic) bond motifs is 2. The first kappa shape index (κ1) is 16.8. The Balaban J connectivity index is 1.90. The molecular weight excluding hydrogens is 328 g/mol. The number of hydrogen-bond donors (Lipinski definition) is 0. The Morgan fingerprint density at radius 2 is 1.68 bits per heavy atom. The van der Waals surface area contributed by atoms with Crippen LogP contribution in [0.3, 0.4) is 0 Å². The summed E-state index contributed by atoms with van der Waals surface area (Å²) in [6, 6.07) is 9.71. The first-order chi connectivity index (χ1) is 11.7. The van der Waals surface area contributed by atoms with Gasteiger partial charge in [0.25, 0.3) is 0 Å². The molecule has 0 spiro atoms. The molecule has 0 amide bonds. The van der Waals surface area contributed by atoms with Gasteiger partial charge in [0.2, 0.25) is 0 Å². The monoisotopic (exact) mass is 353 g/mol. The topological polar surface area (TPSA) is 26.3 Å². The molecule has 0 saturated heterocycles. The SMILES string of the molecule is CC1(C)CCC(C)(C)c2cc3c(cc21)OCC3(C)c1c[c]c(C=O)s1. The summed E-state index contributed by atoms with van der Waals surface area (Å²) in [5.74, 6) is 1.01. The Labute approximate surface area is 154 Å². The standard InChI is InChI=1S/C22H25O2S/c1-20(2)8-9-21(3,4)16-11-18-17(10-15(16)20)22(5,13-24-18)19-7-6-14(12-23)25-19/h7,10-12H,8-9,13H2,1-5H3. The van der Waals surface area contributed by atoms with Crippen molar-refractivity contribution < 1.29 is 9.53 Å². The van der Waals surface area contributed by atoms with Crippen molar-refractivity contribution in [2.45, 2.75) is 63.7 Å². The van der Waals surface area contributed by atoms with E-state index in [9.17, 15) is 4.79 Å². The lowest BCUT2D eigenvalue weighted by molar-refractivity contribution is 0.112. The molecule has 0 saturated carbocycles. The van der Waals surface area contributed by atoms with Crippen molar-refractivity contribution in [1.29, 1.82) is 0 Å².